The Balaban J connectivity index is 0.00000261. The van der Waals surface area contributed by atoms with Crippen LogP contribution in [-0.4, -0.2) is 49.0 Å². The largest absolute Gasteiger partial charge is 0.493 e. The third-order valence-electron chi connectivity index (χ3n) is 5.21. The molecule has 0 radical (unpaired) electrons. The van der Waals surface area contributed by atoms with Crippen LogP contribution >= 0.6 is 12.4 Å². The van der Waals surface area contributed by atoms with Crippen molar-refractivity contribution in [2.75, 3.05) is 26.2 Å². The number of nitrogens with one attached hydrogen (secondary N) is 1. The molecule has 0 spiro atoms. The predicted octanol–water partition coefficient (Wildman–Crippen LogP) is 1.97. The summed E-state index contributed by atoms with van der Waals surface area (Å²) < 4.78 is 5.59. The molecule has 1 aliphatic carbocycles. The van der Waals surface area contributed by atoms with Gasteiger partial charge in [-0.1, -0.05) is 18.2 Å². The molecule has 2 fully saturated rings. The molecule has 150 valence electrons. The molecule has 3 N–H and O–H groups in total. The minimum Gasteiger partial charge on any atom is -0.493 e. The van der Waals surface area contributed by atoms with Crippen LogP contribution in [0.4, 0.5) is 0 Å². The van der Waals surface area contributed by atoms with Gasteiger partial charge in [-0.05, 0) is 43.7 Å². The van der Waals surface area contributed by atoms with Crippen LogP contribution in [0.15, 0.2) is 30.3 Å². The van der Waals surface area contributed by atoms with Gasteiger partial charge in [-0.2, -0.15) is 0 Å². The molecule has 3 rings (SSSR count). The zero-order valence-corrected chi connectivity index (χ0v) is 16.5. The molecule has 0 bridgehead atoms. The van der Waals surface area contributed by atoms with E-state index < -0.39 is 0 Å². The van der Waals surface area contributed by atoms with E-state index in [1.165, 1.54) is 12.8 Å². The summed E-state index contributed by atoms with van der Waals surface area (Å²) in [6.45, 7) is 2.11. The van der Waals surface area contributed by atoms with E-state index in [0.29, 0.717) is 32.0 Å². The summed E-state index contributed by atoms with van der Waals surface area (Å²) in [5.74, 6) is 1.29. The van der Waals surface area contributed by atoms with Crippen LogP contribution in [0.3, 0.4) is 0 Å². The Morgan fingerprint density at radius 2 is 1.96 bits per heavy atom. The quantitative estimate of drug-likeness (QED) is 0.704. The smallest absolute Gasteiger partial charge is 0.226 e. The lowest BCUT2D eigenvalue weighted by Gasteiger charge is -2.32. The molecule has 1 aliphatic heterocycles. The number of benzene rings is 1. The highest BCUT2D eigenvalue weighted by Crippen LogP contribution is 2.31. The fraction of sp³-hybridized carbons (Fsp3) is 0.600. The van der Waals surface area contributed by atoms with Crippen molar-refractivity contribution in [3.05, 3.63) is 30.3 Å². The van der Waals surface area contributed by atoms with Crippen LogP contribution in [0.5, 0.6) is 5.75 Å². The monoisotopic (exact) mass is 395 g/mol. The first-order chi connectivity index (χ1) is 12.6. The average Bonchev–Trinajstić information content (AvgIpc) is 3.52. The summed E-state index contributed by atoms with van der Waals surface area (Å²) in [7, 11) is 0. The minimum atomic E-state index is -0.130. The zero-order valence-electron chi connectivity index (χ0n) is 15.6. The maximum absolute atomic E-state index is 12.4. The maximum Gasteiger partial charge on any atom is 0.226 e. The highest BCUT2D eigenvalue weighted by molar-refractivity contribution is 5.85. The topological polar surface area (TPSA) is 84.7 Å². The van der Waals surface area contributed by atoms with Gasteiger partial charge in [-0.15, -0.1) is 12.4 Å². The Labute approximate surface area is 167 Å². The number of para-hydroxylation sites is 1. The number of amides is 2. The van der Waals surface area contributed by atoms with Crippen molar-refractivity contribution in [1.82, 2.24) is 10.2 Å². The number of hydrogen-bond acceptors (Lipinski definition) is 4. The molecule has 1 saturated heterocycles. The Morgan fingerprint density at radius 3 is 2.67 bits per heavy atom. The van der Waals surface area contributed by atoms with Crippen LogP contribution in [-0.2, 0) is 9.59 Å². The summed E-state index contributed by atoms with van der Waals surface area (Å²) in [6, 6.07) is 9.54. The summed E-state index contributed by atoms with van der Waals surface area (Å²) in [4.78, 5) is 26.6. The Kier molecular flexibility index (Phi) is 8.38. The van der Waals surface area contributed by atoms with Crippen molar-refractivity contribution in [2.24, 2.45) is 17.6 Å². The molecule has 2 amide bonds. The van der Waals surface area contributed by atoms with Crippen LogP contribution in [0, 0.1) is 11.8 Å². The van der Waals surface area contributed by atoms with Crippen molar-refractivity contribution in [2.45, 2.75) is 38.1 Å². The van der Waals surface area contributed by atoms with Crippen molar-refractivity contribution in [1.29, 1.82) is 0 Å². The van der Waals surface area contributed by atoms with E-state index in [0.717, 1.165) is 25.1 Å². The zero-order chi connectivity index (χ0) is 18.4. The van der Waals surface area contributed by atoms with Crippen molar-refractivity contribution >= 4 is 24.2 Å². The average molecular weight is 396 g/mol. The van der Waals surface area contributed by atoms with Crippen LogP contribution in [0.1, 0.15) is 32.1 Å². The van der Waals surface area contributed by atoms with E-state index in [4.69, 9.17) is 10.5 Å². The summed E-state index contributed by atoms with van der Waals surface area (Å²) in [5, 5.41) is 2.97. The van der Waals surface area contributed by atoms with Gasteiger partial charge in [-0.3, -0.25) is 9.59 Å². The van der Waals surface area contributed by atoms with Gasteiger partial charge in [0, 0.05) is 25.7 Å². The van der Waals surface area contributed by atoms with E-state index in [9.17, 15) is 9.59 Å². The Morgan fingerprint density at radius 1 is 1.22 bits per heavy atom. The Bertz CT molecular complexity index is 610. The molecule has 1 aromatic rings. The number of piperidine rings is 1. The highest BCUT2D eigenvalue weighted by atomic mass is 35.5. The lowest BCUT2D eigenvalue weighted by Crippen LogP contribution is -2.47. The molecular formula is C20H30ClN3O3. The lowest BCUT2D eigenvalue weighted by molar-refractivity contribution is -0.136. The van der Waals surface area contributed by atoms with Crippen molar-refractivity contribution < 1.29 is 14.3 Å². The number of ether oxygens (including phenoxy) is 1. The first-order valence-corrected chi connectivity index (χ1v) is 9.62. The first kappa shape index (κ1) is 21.5. The third-order valence-corrected chi connectivity index (χ3v) is 5.21. The van der Waals surface area contributed by atoms with E-state index in [1.807, 2.05) is 30.3 Å². The SMILES string of the molecule is Cl.NC(CNC(=O)C1CCCN(C(=O)CCOc2ccccc2)C1)C1CC1. The molecule has 7 heteroatoms. The van der Waals surface area contributed by atoms with Gasteiger partial charge in [0.15, 0.2) is 0 Å². The molecule has 1 heterocycles. The van der Waals surface area contributed by atoms with Gasteiger partial charge in [0.2, 0.25) is 11.8 Å². The fourth-order valence-corrected chi connectivity index (χ4v) is 3.40. The maximum atomic E-state index is 12.4. The van der Waals surface area contributed by atoms with Crippen LogP contribution in [0.2, 0.25) is 0 Å². The molecule has 2 aliphatic rings. The summed E-state index contributed by atoms with van der Waals surface area (Å²) >= 11 is 0. The molecule has 27 heavy (non-hydrogen) atoms. The van der Waals surface area contributed by atoms with Crippen LogP contribution in [0.25, 0.3) is 0 Å². The number of carbonyl (C=O) groups is 2. The second-order valence-corrected chi connectivity index (χ2v) is 7.34. The van der Waals surface area contributed by atoms with Crippen molar-refractivity contribution in [3.63, 3.8) is 0 Å². The van der Waals surface area contributed by atoms with Crippen molar-refractivity contribution in [3.8, 4) is 5.75 Å². The van der Waals surface area contributed by atoms with Gasteiger partial charge in [0.25, 0.3) is 0 Å². The number of nitrogens with two attached hydrogens (primary N) is 1. The molecular weight excluding hydrogens is 366 g/mol. The number of nitrogens with zero attached hydrogens (tertiary/aromatic N) is 1. The van der Waals surface area contributed by atoms with Gasteiger partial charge in [0.1, 0.15) is 5.75 Å². The van der Waals surface area contributed by atoms with Crippen LogP contribution < -0.4 is 15.8 Å². The highest BCUT2D eigenvalue weighted by Gasteiger charge is 2.31. The van der Waals surface area contributed by atoms with E-state index >= 15 is 0 Å². The van der Waals surface area contributed by atoms with E-state index in [1.54, 1.807) is 4.90 Å². The summed E-state index contributed by atoms with van der Waals surface area (Å²) in [5.41, 5.74) is 6.04. The predicted molar refractivity (Wildman–Crippen MR) is 107 cm³/mol. The van der Waals surface area contributed by atoms with E-state index in [2.05, 4.69) is 5.32 Å². The molecule has 2 unspecified atom stereocenters. The number of rotatable bonds is 8. The molecule has 1 saturated carbocycles. The molecule has 6 nitrogen and oxygen atoms in total. The minimum absolute atomic E-state index is 0. The second-order valence-electron chi connectivity index (χ2n) is 7.34. The lowest BCUT2D eigenvalue weighted by atomic mass is 9.96. The number of hydrogen-bond donors (Lipinski definition) is 2. The van der Waals surface area contributed by atoms with Gasteiger partial charge in [0.05, 0.1) is 18.9 Å². The summed E-state index contributed by atoms with van der Waals surface area (Å²) in [6.07, 6.45) is 4.37. The van der Waals surface area contributed by atoms with Gasteiger partial charge in [-0.25, -0.2) is 0 Å². The normalized spacial score (nSPS) is 20.3. The fourth-order valence-electron chi connectivity index (χ4n) is 3.40. The molecule has 0 aromatic heterocycles. The molecule has 1 aromatic carbocycles. The number of halogens is 1. The van der Waals surface area contributed by atoms with E-state index in [-0.39, 0.29) is 36.2 Å². The number of carbonyl (C=O) groups excluding carboxylic acids is 2. The van der Waals surface area contributed by atoms with Gasteiger partial charge < -0.3 is 20.7 Å². The standard InChI is InChI=1S/C20H29N3O3.ClH/c21-18(15-8-9-15)13-22-20(25)16-5-4-11-23(14-16)19(24)10-12-26-17-6-2-1-3-7-17;/h1-3,6-7,15-16,18H,4-5,8-14,21H2,(H,22,25);1H. The Hall–Kier alpha value is -1.79. The van der Waals surface area contributed by atoms with Gasteiger partial charge >= 0.3 is 0 Å². The first-order valence-electron chi connectivity index (χ1n) is 9.62. The second kappa shape index (κ2) is 10.5. The third kappa shape index (κ3) is 6.70. The number of likely N-dealkylation sites (tertiary alicyclic amines) is 1. The molecule has 2 atom stereocenters.